The number of carbonyl (C=O) groups excluding carboxylic acids is 1. The lowest BCUT2D eigenvalue weighted by atomic mass is 10.0. The van der Waals surface area contributed by atoms with Crippen molar-refractivity contribution in [2.24, 2.45) is 5.10 Å². The van der Waals surface area contributed by atoms with E-state index in [1.165, 1.54) is 10.6 Å². The lowest BCUT2D eigenvalue weighted by Gasteiger charge is -2.12. The van der Waals surface area contributed by atoms with E-state index in [9.17, 15) is 4.79 Å². The van der Waals surface area contributed by atoms with Crippen molar-refractivity contribution in [1.82, 2.24) is 4.57 Å². The molecule has 0 aliphatic carbocycles. The number of hydrogen-bond acceptors (Lipinski definition) is 2. The molecule has 0 saturated heterocycles. The van der Waals surface area contributed by atoms with E-state index < -0.39 is 0 Å². The second-order valence-electron chi connectivity index (χ2n) is 8.10. The summed E-state index contributed by atoms with van der Waals surface area (Å²) in [6, 6.07) is 20.4. The van der Waals surface area contributed by atoms with Gasteiger partial charge >= 0.3 is 0 Å². The average molecular weight is 398 g/mol. The Hall–Kier alpha value is -3.40. The molecule has 152 valence electrons. The van der Waals surface area contributed by atoms with Gasteiger partial charge < -0.3 is 4.57 Å². The van der Waals surface area contributed by atoms with Gasteiger partial charge in [-0.25, -0.2) is 0 Å². The predicted molar refractivity (Wildman–Crippen MR) is 124 cm³/mol. The van der Waals surface area contributed by atoms with Crippen molar-refractivity contribution in [2.45, 2.75) is 40.5 Å². The van der Waals surface area contributed by atoms with Crippen LogP contribution in [-0.4, -0.2) is 16.2 Å². The smallest absolute Gasteiger partial charge is 0.280 e. The first-order chi connectivity index (χ1) is 14.4. The van der Waals surface area contributed by atoms with E-state index in [0.717, 1.165) is 34.0 Å². The fraction of sp³-hybridized carbons (Fsp3) is 0.231. The second kappa shape index (κ2) is 7.79. The first-order valence-corrected chi connectivity index (χ1v) is 10.3. The molecule has 30 heavy (non-hydrogen) atoms. The van der Waals surface area contributed by atoms with E-state index >= 15 is 0 Å². The van der Waals surface area contributed by atoms with Crippen molar-refractivity contribution in [3.05, 3.63) is 88.8 Å². The van der Waals surface area contributed by atoms with Crippen LogP contribution >= 0.6 is 0 Å². The number of anilines is 1. The number of amides is 1. The summed E-state index contributed by atoms with van der Waals surface area (Å²) in [7, 11) is 0. The summed E-state index contributed by atoms with van der Waals surface area (Å²) in [6.45, 7) is 10.5. The second-order valence-corrected chi connectivity index (χ2v) is 8.10. The van der Waals surface area contributed by atoms with E-state index in [0.29, 0.717) is 11.5 Å². The minimum Gasteiger partial charge on any atom is -0.318 e. The molecule has 0 spiro atoms. The fourth-order valence-corrected chi connectivity index (χ4v) is 3.92. The highest BCUT2D eigenvalue weighted by atomic mass is 16.2. The van der Waals surface area contributed by atoms with E-state index in [1.54, 1.807) is 0 Å². The Morgan fingerprint density at radius 3 is 2.20 bits per heavy atom. The van der Waals surface area contributed by atoms with Gasteiger partial charge in [-0.2, -0.15) is 10.1 Å². The molecule has 0 saturated carbocycles. The van der Waals surface area contributed by atoms with E-state index in [-0.39, 0.29) is 5.91 Å². The average Bonchev–Trinajstić information content (AvgIpc) is 3.18. The summed E-state index contributed by atoms with van der Waals surface area (Å²) in [6.07, 6.45) is 1.96. The zero-order valence-corrected chi connectivity index (χ0v) is 18.2. The zero-order valence-electron chi connectivity index (χ0n) is 18.2. The summed E-state index contributed by atoms with van der Waals surface area (Å²) in [5.74, 6) is 0.416. The summed E-state index contributed by atoms with van der Waals surface area (Å²) < 4.78 is 2.23. The Bertz CT molecular complexity index is 1150. The summed E-state index contributed by atoms with van der Waals surface area (Å²) in [5, 5.41) is 5.96. The maximum Gasteiger partial charge on any atom is 0.280 e. The molecule has 1 aliphatic rings. The first kappa shape index (κ1) is 19.9. The van der Waals surface area contributed by atoms with Crippen LogP contribution in [0.3, 0.4) is 0 Å². The standard InChI is InChI=1S/C26H27N3O/c1-17(2)21-11-13-23(14-12-21)28-18(3)15-22(20(28)5)16-25-19(4)27-29(26(25)30)24-9-7-6-8-10-24/h6-17H,1-5H3/b25-16+. The highest BCUT2D eigenvalue weighted by Crippen LogP contribution is 2.28. The molecule has 2 heterocycles. The maximum absolute atomic E-state index is 13.0. The monoisotopic (exact) mass is 397 g/mol. The lowest BCUT2D eigenvalue weighted by molar-refractivity contribution is -0.114. The van der Waals surface area contributed by atoms with Crippen molar-refractivity contribution in [1.29, 1.82) is 0 Å². The number of benzene rings is 2. The number of aryl methyl sites for hydroxylation is 1. The Kier molecular flexibility index (Phi) is 5.17. The van der Waals surface area contributed by atoms with Crippen molar-refractivity contribution in [3.8, 4) is 5.69 Å². The first-order valence-electron chi connectivity index (χ1n) is 10.3. The Morgan fingerprint density at radius 2 is 1.57 bits per heavy atom. The fourth-order valence-electron chi connectivity index (χ4n) is 3.92. The molecular weight excluding hydrogens is 370 g/mol. The largest absolute Gasteiger partial charge is 0.318 e. The van der Waals surface area contributed by atoms with Gasteiger partial charge in [-0.1, -0.05) is 44.2 Å². The normalized spacial score (nSPS) is 15.4. The van der Waals surface area contributed by atoms with Crippen LogP contribution in [0.4, 0.5) is 5.69 Å². The molecule has 2 aromatic carbocycles. The van der Waals surface area contributed by atoms with Gasteiger partial charge in [-0.15, -0.1) is 0 Å². The van der Waals surface area contributed by atoms with Gasteiger partial charge in [0.2, 0.25) is 0 Å². The maximum atomic E-state index is 13.0. The lowest BCUT2D eigenvalue weighted by Crippen LogP contribution is -2.21. The number of para-hydroxylation sites is 1. The molecule has 4 nitrogen and oxygen atoms in total. The number of hydrogen-bond donors (Lipinski definition) is 0. The number of carbonyl (C=O) groups is 1. The molecule has 1 amide bonds. The van der Waals surface area contributed by atoms with Crippen LogP contribution in [0, 0.1) is 13.8 Å². The summed E-state index contributed by atoms with van der Waals surface area (Å²) in [4.78, 5) is 13.0. The van der Waals surface area contributed by atoms with Crippen LogP contribution < -0.4 is 5.01 Å². The van der Waals surface area contributed by atoms with E-state index in [1.807, 2.05) is 43.3 Å². The molecule has 0 fully saturated rings. The zero-order chi connectivity index (χ0) is 21.4. The van der Waals surface area contributed by atoms with Gasteiger partial charge in [-0.05, 0) is 74.2 Å². The van der Waals surface area contributed by atoms with Gasteiger partial charge in [0.05, 0.1) is 17.0 Å². The molecule has 4 heteroatoms. The Morgan fingerprint density at radius 1 is 0.900 bits per heavy atom. The third kappa shape index (κ3) is 3.50. The minimum absolute atomic E-state index is 0.0928. The van der Waals surface area contributed by atoms with Crippen molar-refractivity contribution in [2.75, 3.05) is 5.01 Å². The van der Waals surface area contributed by atoms with Gasteiger partial charge in [0.15, 0.2) is 0 Å². The SMILES string of the molecule is CC1=NN(c2ccccc2)C(=O)/C1=C/c1cc(C)n(-c2ccc(C(C)C)cc2)c1C. The summed E-state index contributed by atoms with van der Waals surface area (Å²) in [5.41, 5.74) is 7.88. The predicted octanol–water partition coefficient (Wildman–Crippen LogP) is 6.02. The molecular formula is C26H27N3O. The van der Waals surface area contributed by atoms with Gasteiger partial charge in [-0.3, -0.25) is 4.79 Å². The third-order valence-electron chi connectivity index (χ3n) is 5.65. The van der Waals surface area contributed by atoms with Crippen molar-refractivity contribution >= 4 is 23.4 Å². The molecule has 0 N–H and O–H groups in total. The van der Waals surface area contributed by atoms with Gasteiger partial charge in [0.25, 0.3) is 5.91 Å². The molecule has 1 aliphatic heterocycles. The van der Waals surface area contributed by atoms with Crippen LogP contribution in [0.2, 0.25) is 0 Å². The highest BCUT2D eigenvalue weighted by molar-refractivity contribution is 6.32. The van der Waals surface area contributed by atoms with Crippen molar-refractivity contribution < 1.29 is 4.79 Å². The van der Waals surface area contributed by atoms with Crippen LogP contribution in [0.5, 0.6) is 0 Å². The number of nitrogens with zero attached hydrogens (tertiary/aromatic N) is 3. The molecule has 0 bridgehead atoms. The highest BCUT2D eigenvalue weighted by Gasteiger charge is 2.29. The third-order valence-corrected chi connectivity index (χ3v) is 5.65. The number of rotatable bonds is 4. The van der Waals surface area contributed by atoms with E-state index in [2.05, 4.69) is 67.7 Å². The molecule has 4 rings (SSSR count). The minimum atomic E-state index is -0.0928. The molecule has 0 radical (unpaired) electrons. The molecule has 3 aromatic rings. The molecule has 1 aromatic heterocycles. The van der Waals surface area contributed by atoms with Crippen LogP contribution in [-0.2, 0) is 4.79 Å². The van der Waals surface area contributed by atoms with Crippen LogP contribution in [0.25, 0.3) is 11.8 Å². The van der Waals surface area contributed by atoms with Crippen molar-refractivity contribution in [3.63, 3.8) is 0 Å². The van der Waals surface area contributed by atoms with Crippen LogP contribution in [0.15, 0.2) is 71.3 Å². The Balaban J connectivity index is 1.69. The topological polar surface area (TPSA) is 37.6 Å². The summed E-state index contributed by atoms with van der Waals surface area (Å²) >= 11 is 0. The Labute approximate surface area is 178 Å². The quantitative estimate of drug-likeness (QED) is 0.496. The molecule has 0 atom stereocenters. The van der Waals surface area contributed by atoms with E-state index in [4.69, 9.17) is 0 Å². The van der Waals surface area contributed by atoms with Crippen LogP contribution in [0.1, 0.15) is 49.2 Å². The van der Waals surface area contributed by atoms with Gasteiger partial charge in [0, 0.05) is 17.1 Å². The number of hydrazone groups is 1. The van der Waals surface area contributed by atoms with Gasteiger partial charge in [0.1, 0.15) is 0 Å². The molecule has 0 unspecified atom stereocenters. The number of aromatic nitrogens is 1.